The lowest BCUT2D eigenvalue weighted by molar-refractivity contribution is 0.752. The van der Waals surface area contributed by atoms with Gasteiger partial charge in [-0.05, 0) is 11.5 Å². The Kier molecular flexibility index (Phi) is 5.40. The van der Waals surface area contributed by atoms with E-state index in [1.165, 1.54) is 11.3 Å². The second-order valence-electron chi connectivity index (χ2n) is 3.43. The first-order chi connectivity index (χ1) is 6.29. The molecule has 1 aromatic rings. The Hall–Kier alpha value is -0.0800. The zero-order chi connectivity index (χ0) is 9.52. The van der Waals surface area contributed by atoms with Crippen molar-refractivity contribution < 1.29 is 0 Å². The van der Waals surface area contributed by atoms with Crippen LogP contribution in [0.1, 0.15) is 19.4 Å². The van der Waals surface area contributed by atoms with Crippen molar-refractivity contribution in [1.29, 1.82) is 0 Å². The molecule has 0 spiro atoms. The van der Waals surface area contributed by atoms with Gasteiger partial charge in [0.05, 0.1) is 0 Å². The van der Waals surface area contributed by atoms with Crippen molar-refractivity contribution in [1.82, 2.24) is 0 Å². The zero-order valence-electron chi connectivity index (χ0n) is 8.19. The summed E-state index contributed by atoms with van der Waals surface area (Å²) >= 11 is 0. The predicted octanol–water partition coefficient (Wildman–Crippen LogP) is 4.22. The Morgan fingerprint density at radius 1 is 1.08 bits per heavy atom. The SMILES string of the molecule is CC(C)CSSCc1ccccc1. The molecule has 0 aliphatic carbocycles. The standard InChI is InChI=1S/C11H16S2/c1-10(2)8-12-13-9-11-6-4-3-5-7-11/h3-7,10H,8-9H2,1-2H3. The van der Waals surface area contributed by atoms with E-state index in [-0.39, 0.29) is 0 Å². The fraction of sp³-hybridized carbons (Fsp3) is 0.455. The zero-order valence-corrected chi connectivity index (χ0v) is 9.83. The minimum Gasteiger partial charge on any atom is -0.0936 e. The Morgan fingerprint density at radius 2 is 1.77 bits per heavy atom. The third-order valence-electron chi connectivity index (χ3n) is 1.55. The normalized spacial score (nSPS) is 10.7. The predicted molar refractivity (Wildman–Crippen MR) is 65.0 cm³/mol. The maximum absolute atomic E-state index is 2.26. The quantitative estimate of drug-likeness (QED) is 0.529. The Labute approximate surface area is 88.9 Å². The molecule has 0 atom stereocenters. The molecule has 0 heterocycles. The second kappa shape index (κ2) is 6.39. The topological polar surface area (TPSA) is 0 Å². The Bertz CT molecular complexity index is 219. The highest BCUT2D eigenvalue weighted by Gasteiger charge is 1.95. The molecule has 0 saturated carbocycles. The van der Waals surface area contributed by atoms with Crippen molar-refractivity contribution in [2.75, 3.05) is 5.75 Å². The van der Waals surface area contributed by atoms with Gasteiger partial charge in [0.15, 0.2) is 0 Å². The largest absolute Gasteiger partial charge is 0.0936 e. The van der Waals surface area contributed by atoms with E-state index in [4.69, 9.17) is 0 Å². The van der Waals surface area contributed by atoms with Crippen molar-refractivity contribution >= 4 is 21.6 Å². The fourth-order valence-electron chi connectivity index (χ4n) is 0.868. The van der Waals surface area contributed by atoms with Crippen LogP contribution in [0.25, 0.3) is 0 Å². The van der Waals surface area contributed by atoms with E-state index in [0.717, 1.165) is 11.7 Å². The first-order valence-corrected chi connectivity index (χ1v) is 7.06. The third kappa shape index (κ3) is 5.27. The van der Waals surface area contributed by atoms with Gasteiger partial charge in [0.2, 0.25) is 0 Å². The molecule has 0 aliphatic rings. The van der Waals surface area contributed by atoms with E-state index < -0.39 is 0 Å². The van der Waals surface area contributed by atoms with Gasteiger partial charge in [-0.1, -0.05) is 65.8 Å². The molecule has 1 aromatic carbocycles. The lowest BCUT2D eigenvalue weighted by Gasteiger charge is -2.03. The summed E-state index contributed by atoms with van der Waals surface area (Å²) in [6.07, 6.45) is 0. The van der Waals surface area contributed by atoms with Crippen LogP contribution < -0.4 is 0 Å². The lowest BCUT2D eigenvalue weighted by atomic mass is 10.2. The first kappa shape index (κ1) is 11.0. The molecule has 0 bridgehead atoms. The van der Waals surface area contributed by atoms with Crippen LogP contribution in [0.3, 0.4) is 0 Å². The van der Waals surface area contributed by atoms with E-state index in [9.17, 15) is 0 Å². The van der Waals surface area contributed by atoms with Crippen molar-refractivity contribution in [3.63, 3.8) is 0 Å². The van der Waals surface area contributed by atoms with Gasteiger partial charge in [0.25, 0.3) is 0 Å². The molecule has 0 nitrogen and oxygen atoms in total. The minimum atomic E-state index is 0.799. The van der Waals surface area contributed by atoms with E-state index in [2.05, 4.69) is 44.2 Å². The summed E-state index contributed by atoms with van der Waals surface area (Å²) in [5, 5.41) is 0. The van der Waals surface area contributed by atoms with Crippen LogP contribution in [-0.2, 0) is 5.75 Å². The van der Waals surface area contributed by atoms with E-state index in [1.54, 1.807) is 0 Å². The van der Waals surface area contributed by atoms with Crippen LogP contribution in [0.5, 0.6) is 0 Å². The average Bonchev–Trinajstić information content (AvgIpc) is 2.14. The molecular formula is C11H16S2. The van der Waals surface area contributed by atoms with Crippen LogP contribution in [0.2, 0.25) is 0 Å². The van der Waals surface area contributed by atoms with E-state index in [1.807, 2.05) is 21.6 Å². The van der Waals surface area contributed by atoms with Crippen LogP contribution >= 0.6 is 21.6 Å². The highest BCUT2D eigenvalue weighted by atomic mass is 33.1. The molecule has 0 N–H and O–H groups in total. The van der Waals surface area contributed by atoms with Crippen LogP contribution in [0.4, 0.5) is 0 Å². The van der Waals surface area contributed by atoms with Crippen molar-refractivity contribution in [3.05, 3.63) is 35.9 Å². The Morgan fingerprint density at radius 3 is 2.38 bits per heavy atom. The summed E-state index contributed by atoms with van der Waals surface area (Å²) < 4.78 is 0. The lowest BCUT2D eigenvalue weighted by Crippen LogP contribution is -1.87. The Balaban J connectivity index is 2.13. The average molecular weight is 212 g/mol. The van der Waals surface area contributed by atoms with Gasteiger partial charge in [-0.15, -0.1) is 0 Å². The number of hydrogen-bond donors (Lipinski definition) is 0. The monoisotopic (exact) mass is 212 g/mol. The molecule has 0 aliphatic heterocycles. The van der Waals surface area contributed by atoms with Crippen molar-refractivity contribution in [3.8, 4) is 0 Å². The fourth-order valence-corrected chi connectivity index (χ4v) is 3.41. The van der Waals surface area contributed by atoms with Gasteiger partial charge in [-0.25, -0.2) is 0 Å². The summed E-state index contributed by atoms with van der Waals surface area (Å²) in [6.45, 7) is 4.52. The third-order valence-corrected chi connectivity index (χ3v) is 4.24. The molecule has 0 aromatic heterocycles. The van der Waals surface area contributed by atoms with Gasteiger partial charge in [0.1, 0.15) is 0 Å². The molecule has 0 amide bonds. The summed E-state index contributed by atoms with van der Waals surface area (Å²) in [5.74, 6) is 3.17. The molecule has 1 rings (SSSR count). The van der Waals surface area contributed by atoms with Gasteiger partial charge in [-0.2, -0.15) is 0 Å². The highest BCUT2D eigenvalue weighted by Crippen LogP contribution is 2.27. The number of hydrogen-bond acceptors (Lipinski definition) is 2. The van der Waals surface area contributed by atoms with Crippen molar-refractivity contribution in [2.45, 2.75) is 19.6 Å². The summed E-state index contributed by atoms with van der Waals surface area (Å²) in [4.78, 5) is 0. The number of benzene rings is 1. The summed E-state index contributed by atoms with van der Waals surface area (Å²) in [5.41, 5.74) is 1.42. The van der Waals surface area contributed by atoms with E-state index in [0.29, 0.717) is 0 Å². The molecule has 0 fully saturated rings. The highest BCUT2D eigenvalue weighted by molar-refractivity contribution is 8.76. The van der Waals surface area contributed by atoms with E-state index >= 15 is 0 Å². The smallest absolute Gasteiger partial charge is 0.0288 e. The van der Waals surface area contributed by atoms with Crippen LogP contribution in [0, 0.1) is 5.92 Å². The number of rotatable bonds is 5. The minimum absolute atomic E-state index is 0.799. The first-order valence-electron chi connectivity index (χ1n) is 4.57. The van der Waals surface area contributed by atoms with Crippen LogP contribution in [-0.4, -0.2) is 5.75 Å². The molecule has 0 radical (unpaired) electrons. The summed E-state index contributed by atoms with van der Waals surface area (Å²) in [7, 11) is 3.92. The van der Waals surface area contributed by atoms with Gasteiger partial charge >= 0.3 is 0 Å². The molecule has 0 unspecified atom stereocenters. The molecule has 0 saturated heterocycles. The summed E-state index contributed by atoms with van der Waals surface area (Å²) in [6, 6.07) is 10.6. The maximum Gasteiger partial charge on any atom is 0.0288 e. The van der Waals surface area contributed by atoms with Gasteiger partial charge in [0, 0.05) is 11.5 Å². The molecule has 72 valence electrons. The maximum atomic E-state index is 2.26. The van der Waals surface area contributed by atoms with Crippen LogP contribution in [0.15, 0.2) is 30.3 Å². The van der Waals surface area contributed by atoms with Gasteiger partial charge in [-0.3, -0.25) is 0 Å². The second-order valence-corrected chi connectivity index (χ2v) is 5.93. The molecule has 13 heavy (non-hydrogen) atoms. The van der Waals surface area contributed by atoms with Crippen molar-refractivity contribution in [2.24, 2.45) is 5.92 Å². The molecular weight excluding hydrogens is 196 g/mol. The van der Waals surface area contributed by atoms with Gasteiger partial charge < -0.3 is 0 Å². The molecule has 2 heteroatoms.